The zero-order chi connectivity index (χ0) is 15.2. The first-order valence-corrected chi connectivity index (χ1v) is 6.90. The van der Waals surface area contributed by atoms with Gasteiger partial charge in [-0.15, -0.1) is 11.3 Å². The van der Waals surface area contributed by atoms with Crippen LogP contribution in [0.25, 0.3) is 0 Å². The van der Waals surface area contributed by atoms with E-state index in [2.05, 4.69) is 15.4 Å². The van der Waals surface area contributed by atoms with Gasteiger partial charge in [0.1, 0.15) is 5.00 Å². The minimum Gasteiger partial charge on any atom is -0.459 e. The third kappa shape index (κ3) is 3.69. The van der Waals surface area contributed by atoms with Crippen LogP contribution in [0.2, 0.25) is 0 Å². The van der Waals surface area contributed by atoms with Crippen LogP contribution in [0.4, 0.5) is 9.80 Å². The van der Waals surface area contributed by atoms with E-state index in [4.69, 9.17) is 4.42 Å². The van der Waals surface area contributed by atoms with Gasteiger partial charge in [-0.05, 0) is 30.5 Å². The van der Waals surface area contributed by atoms with Gasteiger partial charge in [-0.25, -0.2) is 4.79 Å². The van der Waals surface area contributed by atoms with Crippen molar-refractivity contribution < 1.29 is 23.5 Å². The van der Waals surface area contributed by atoms with Gasteiger partial charge in [0.25, 0.3) is 11.8 Å². The Morgan fingerprint density at radius 1 is 1.29 bits per heavy atom. The Morgan fingerprint density at radius 3 is 2.76 bits per heavy atom. The number of nitrogens with one attached hydrogen (secondary N) is 2. The predicted molar refractivity (Wildman–Crippen MR) is 75.5 cm³/mol. The van der Waals surface area contributed by atoms with Crippen molar-refractivity contribution in [1.29, 1.82) is 0 Å². The number of hydrogen-bond donors (Lipinski definition) is 2. The van der Waals surface area contributed by atoms with Crippen molar-refractivity contribution in [2.24, 2.45) is 0 Å². The zero-order valence-electron chi connectivity index (χ0n) is 11.0. The van der Waals surface area contributed by atoms with E-state index in [-0.39, 0.29) is 17.9 Å². The summed E-state index contributed by atoms with van der Waals surface area (Å²) in [4.78, 5) is 35.0. The molecule has 0 saturated heterocycles. The van der Waals surface area contributed by atoms with Crippen molar-refractivity contribution >= 4 is 34.2 Å². The Morgan fingerprint density at radius 2 is 2.10 bits per heavy atom. The number of anilines is 1. The molecule has 110 valence electrons. The number of hydrogen-bond acceptors (Lipinski definition) is 6. The predicted octanol–water partition coefficient (Wildman–Crippen LogP) is 2.48. The van der Waals surface area contributed by atoms with Crippen LogP contribution in [-0.2, 0) is 4.74 Å². The Balaban J connectivity index is 2.06. The summed E-state index contributed by atoms with van der Waals surface area (Å²) in [6, 6.07) is 4.58. The molecule has 2 N–H and O–H groups in total. The number of carbonyl (C=O) groups is 3. The van der Waals surface area contributed by atoms with Crippen LogP contribution >= 0.6 is 11.3 Å². The molecule has 21 heavy (non-hydrogen) atoms. The normalized spacial score (nSPS) is 9.95. The number of imide groups is 1. The monoisotopic (exact) mass is 308 g/mol. The number of thiophene rings is 1. The summed E-state index contributed by atoms with van der Waals surface area (Å²) in [5.74, 6) is -1.00. The molecule has 8 heteroatoms. The highest BCUT2D eigenvalue weighted by Gasteiger charge is 2.19. The third-order valence-corrected chi connectivity index (χ3v) is 3.20. The summed E-state index contributed by atoms with van der Waals surface area (Å²) in [5, 5.41) is 6.56. The maximum Gasteiger partial charge on any atom is 0.414 e. The maximum atomic E-state index is 11.9. The highest BCUT2D eigenvalue weighted by Crippen LogP contribution is 2.24. The zero-order valence-corrected chi connectivity index (χ0v) is 11.9. The standard InChI is InChI=1S/C13H12N2O5S/c1-2-19-13(18)15-10(16)8-5-7-21-12(8)14-11(17)9-4-3-6-20-9/h3-7H,2H2,1H3,(H,14,17)(H,15,16,18). The molecule has 0 aliphatic carbocycles. The van der Waals surface area contributed by atoms with Crippen molar-refractivity contribution in [3.05, 3.63) is 41.2 Å². The first-order valence-electron chi connectivity index (χ1n) is 6.02. The van der Waals surface area contributed by atoms with E-state index in [0.717, 1.165) is 11.3 Å². The number of ether oxygens (including phenoxy) is 1. The second kappa shape index (κ2) is 6.71. The first kappa shape index (κ1) is 14.8. The largest absolute Gasteiger partial charge is 0.459 e. The molecule has 2 aromatic rings. The second-order valence-corrected chi connectivity index (χ2v) is 4.69. The van der Waals surface area contributed by atoms with Crippen LogP contribution in [0.5, 0.6) is 0 Å². The topological polar surface area (TPSA) is 97.6 Å². The van der Waals surface area contributed by atoms with Crippen molar-refractivity contribution in [3.8, 4) is 0 Å². The lowest BCUT2D eigenvalue weighted by atomic mass is 10.3. The fourth-order valence-electron chi connectivity index (χ4n) is 1.48. The molecule has 0 aliphatic heterocycles. The molecule has 0 aromatic carbocycles. The summed E-state index contributed by atoms with van der Waals surface area (Å²) < 4.78 is 9.58. The first-order chi connectivity index (χ1) is 10.1. The summed E-state index contributed by atoms with van der Waals surface area (Å²) in [5.41, 5.74) is 0.174. The minimum atomic E-state index is -0.836. The van der Waals surface area contributed by atoms with Gasteiger partial charge in [0.15, 0.2) is 5.76 Å². The number of alkyl carbamates (subject to hydrolysis) is 1. The van der Waals surface area contributed by atoms with E-state index < -0.39 is 17.9 Å². The van der Waals surface area contributed by atoms with Gasteiger partial charge in [0, 0.05) is 0 Å². The Kier molecular flexibility index (Phi) is 4.72. The van der Waals surface area contributed by atoms with Crippen molar-refractivity contribution in [3.63, 3.8) is 0 Å². The molecule has 2 aromatic heterocycles. The van der Waals surface area contributed by atoms with Crippen LogP contribution < -0.4 is 10.6 Å². The van der Waals surface area contributed by atoms with Gasteiger partial charge < -0.3 is 14.5 Å². The number of furan rings is 1. The van der Waals surface area contributed by atoms with Gasteiger partial charge in [-0.1, -0.05) is 0 Å². The molecule has 0 aliphatic rings. The van der Waals surface area contributed by atoms with Crippen LogP contribution in [-0.4, -0.2) is 24.5 Å². The van der Waals surface area contributed by atoms with Crippen molar-refractivity contribution in [2.75, 3.05) is 11.9 Å². The molecular weight excluding hydrogens is 296 g/mol. The molecular formula is C13H12N2O5S. The van der Waals surface area contributed by atoms with Crippen LogP contribution in [0.3, 0.4) is 0 Å². The maximum absolute atomic E-state index is 11.9. The third-order valence-electron chi connectivity index (χ3n) is 2.37. The minimum absolute atomic E-state index is 0.125. The smallest absolute Gasteiger partial charge is 0.414 e. The van der Waals surface area contributed by atoms with Gasteiger partial charge in [0.05, 0.1) is 18.4 Å². The van der Waals surface area contributed by atoms with E-state index >= 15 is 0 Å². The fraction of sp³-hybridized carbons (Fsp3) is 0.154. The van der Waals surface area contributed by atoms with E-state index in [9.17, 15) is 14.4 Å². The van der Waals surface area contributed by atoms with Gasteiger partial charge in [-0.3, -0.25) is 14.9 Å². The molecule has 0 spiro atoms. The molecule has 0 atom stereocenters. The Bertz CT molecular complexity index is 647. The highest BCUT2D eigenvalue weighted by molar-refractivity contribution is 7.14. The number of amides is 3. The second-order valence-electron chi connectivity index (χ2n) is 3.77. The van der Waals surface area contributed by atoms with Crippen molar-refractivity contribution in [2.45, 2.75) is 6.92 Å². The van der Waals surface area contributed by atoms with Gasteiger partial charge >= 0.3 is 6.09 Å². The average molecular weight is 308 g/mol. The van der Waals surface area contributed by atoms with E-state index in [1.54, 1.807) is 18.4 Å². The molecule has 0 radical (unpaired) electrons. The van der Waals surface area contributed by atoms with Gasteiger partial charge in [0.2, 0.25) is 0 Å². The summed E-state index contributed by atoms with van der Waals surface area (Å²) in [6.45, 7) is 1.79. The van der Waals surface area contributed by atoms with E-state index in [1.165, 1.54) is 18.4 Å². The molecule has 2 heterocycles. The highest BCUT2D eigenvalue weighted by atomic mass is 32.1. The van der Waals surface area contributed by atoms with Crippen LogP contribution in [0.15, 0.2) is 34.3 Å². The summed E-state index contributed by atoms with van der Waals surface area (Å²) in [7, 11) is 0. The Labute approximate surface area is 123 Å². The lowest BCUT2D eigenvalue weighted by molar-refractivity contribution is 0.0926. The SMILES string of the molecule is CCOC(=O)NC(=O)c1ccsc1NC(=O)c1ccco1. The molecule has 3 amide bonds. The average Bonchev–Trinajstić information content (AvgIpc) is 3.09. The summed E-state index contributed by atoms with van der Waals surface area (Å²) in [6.07, 6.45) is 0.537. The fourth-order valence-corrected chi connectivity index (χ4v) is 2.26. The van der Waals surface area contributed by atoms with Crippen LogP contribution in [0.1, 0.15) is 27.8 Å². The summed E-state index contributed by atoms with van der Waals surface area (Å²) >= 11 is 1.16. The Hall–Kier alpha value is -2.61. The molecule has 0 fully saturated rings. The van der Waals surface area contributed by atoms with E-state index in [1.807, 2.05) is 0 Å². The molecule has 7 nitrogen and oxygen atoms in total. The van der Waals surface area contributed by atoms with Gasteiger partial charge in [-0.2, -0.15) is 0 Å². The quantitative estimate of drug-likeness (QED) is 0.904. The molecule has 2 rings (SSSR count). The molecule has 0 unspecified atom stereocenters. The lowest BCUT2D eigenvalue weighted by Crippen LogP contribution is -2.31. The molecule has 0 saturated carbocycles. The lowest BCUT2D eigenvalue weighted by Gasteiger charge is -2.06. The van der Waals surface area contributed by atoms with Crippen molar-refractivity contribution in [1.82, 2.24) is 5.32 Å². The number of carbonyl (C=O) groups excluding carboxylic acids is 3. The van der Waals surface area contributed by atoms with Crippen LogP contribution in [0, 0.1) is 0 Å². The number of rotatable bonds is 4. The van der Waals surface area contributed by atoms with E-state index in [0.29, 0.717) is 5.00 Å². The molecule has 0 bridgehead atoms.